The second-order valence-electron chi connectivity index (χ2n) is 7.54. The first-order valence-corrected chi connectivity index (χ1v) is 9.95. The van der Waals surface area contributed by atoms with E-state index in [0.29, 0.717) is 5.69 Å². The van der Waals surface area contributed by atoms with Crippen molar-refractivity contribution in [3.8, 4) is 5.75 Å². The largest absolute Gasteiger partial charge is 0.573 e. The molecule has 0 fully saturated rings. The van der Waals surface area contributed by atoms with E-state index in [1.807, 2.05) is 0 Å². The van der Waals surface area contributed by atoms with Crippen LogP contribution in [0.15, 0.2) is 66.1 Å². The SMILES string of the molecule is Cc1ccc(C(=O)C2=C(O)C(=O)N(c3ccc(C)nn3)C2c2ccc(OC(F)(F)F)cc2)nc1. The molecule has 0 spiro atoms. The molecule has 2 aromatic heterocycles. The molecule has 3 heterocycles. The minimum Gasteiger partial charge on any atom is -0.503 e. The van der Waals surface area contributed by atoms with Crippen LogP contribution in [0.2, 0.25) is 0 Å². The Bertz CT molecular complexity index is 1270. The number of rotatable bonds is 5. The van der Waals surface area contributed by atoms with Gasteiger partial charge in [0.1, 0.15) is 11.4 Å². The van der Waals surface area contributed by atoms with Crippen molar-refractivity contribution in [2.45, 2.75) is 26.3 Å². The Balaban J connectivity index is 1.81. The van der Waals surface area contributed by atoms with Crippen LogP contribution < -0.4 is 9.64 Å². The number of pyridine rings is 1. The predicted molar refractivity (Wildman–Crippen MR) is 113 cm³/mol. The number of Topliss-reactive ketones (excluding diaryl/α,β-unsaturated/α-hetero) is 1. The van der Waals surface area contributed by atoms with Crippen LogP contribution in [0.25, 0.3) is 0 Å². The van der Waals surface area contributed by atoms with Crippen molar-refractivity contribution in [3.05, 3.63) is 88.6 Å². The number of benzene rings is 1. The van der Waals surface area contributed by atoms with Gasteiger partial charge in [0.05, 0.1) is 17.3 Å². The Kier molecular flexibility index (Phi) is 5.78. The topological polar surface area (TPSA) is 106 Å². The van der Waals surface area contributed by atoms with Gasteiger partial charge in [0.15, 0.2) is 11.6 Å². The first-order valence-electron chi connectivity index (χ1n) is 9.95. The zero-order valence-electron chi connectivity index (χ0n) is 17.9. The first kappa shape index (κ1) is 22.9. The first-order chi connectivity index (χ1) is 16.0. The van der Waals surface area contributed by atoms with Gasteiger partial charge in [-0.3, -0.25) is 19.5 Å². The van der Waals surface area contributed by atoms with Gasteiger partial charge in [0.25, 0.3) is 5.91 Å². The van der Waals surface area contributed by atoms with E-state index in [0.717, 1.165) is 22.6 Å². The smallest absolute Gasteiger partial charge is 0.503 e. The molecule has 0 aliphatic carbocycles. The van der Waals surface area contributed by atoms with Gasteiger partial charge in [-0.15, -0.1) is 18.3 Å². The Hall–Kier alpha value is -4.28. The summed E-state index contributed by atoms with van der Waals surface area (Å²) in [4.78, 5) is 31.5. The molecule has 0 radical (unpaired) electrons. The molecule has 4 rings (SSSR count). The maximum atomic E-state index is 13.3. The second kappa shape index (κ2) is 8.58. The van der Waals surface area contributed by atoms with Crippen molar-refractivity contribution < 1.29 is 32.6 Å². The molecule has 1 atom stereocenters. The van der Waals surface area contributed by atoms with Crippen molar-refractivity contribution in [1.29, 1.82) is 0 Å². The van der Waals surface area contributed by atoms with Gasteiger partial charge in [-0.25, -0.2) is 0 Å². The minimum atomic E-state index is -4.88. The third-order valence-electron chi connectivity index (χ3n) is 5.06. The molecule has 1 N–H and O–H groups in total. The van der Waals surface area contributed by atoms with Gasteiger partial charge >= 0.3 is 6.36 Å². The monoisotopic (exact) mass is 470 g/mol. The fourth-order valence-corrected chi connectivity index (χ4v) is 3.50. The number of anilines is 1. The molecule has 11 heteroatoms. The van der Waals surface area contributed by atoms with Crippen LogP contribution in [0.5, 0.6) is 5.75 Å². The van der Waals surface area contributed by atoms with E-state index in [-0.39, 0.29) is 22.6 Å². The summed E-state index contributed by atoms with van der Waals surface area (Å²) in [6, 6.07) is 9.61. The number of ketones is 1. The van der Waals surface area contributed by atoms with Crippen molar-refractivity contribution in [2.24, 2.45) is 0 Å². The Labute approximate surface area is 191 Å². The Morgan fingerprint density at radius 1 is 1.03 bits per heavy atom. The van der Waals surface area contributed by atoms with Crippen LogP contribution in [-0.4, -0.2) is 38.3 Å². The third kappa shape index (κ3) is 4.45. The summed E-state index contributed by atoms with van der Waals surface area (Å²) in [5.74, 6) is -2.87. The summed E-state index contributed by atoms with van der Waals surface area (Å²) in [5, 5.41) is 18.6. The molecule has 1 aromatic carbocycles. The average molecular weight is 470 g/mol. The lowest BCUT2D eigenvalue weighted by atomic mass is 9.94. The van der Waals surface area contributed by atoms with Gasteiger partial charge in [0, 0.05) is 6.20 Å². The standard InChI is InChI=1S/C23H17F3N4O4/c1-12-3-9-16(27-11-12)20(31)18-19(14-5-7-15(8-6-14)34-23(24,25)26)30(22(33)21(18)32)17-10-4-13(2)28-29-17/h3-11,19,32H,1-2H3. The summed E-state index contributed by atoms with van der Waals surface area (Å²) in [7, 11) is 0. The lowest BCUT2D eigenvalue weighted by Gasteiger charge is -2.25. The summed E-state index contributed by atoms with van der Waals surface area (Å²) in [6.07, 6.45) is -3.42. The highest BCUT2D eigenvalue weighted by Gasteiger charge is 2.45. The number of aromatic nitrogens is 3. The molecule has 34 heavy (non-hydrogen) atoms. The quantitative estimate of drug-likeness (QED) is 0.558. The van der Waals surface area contributed by atoms with E-state index in [4.69, 9.17) is 0 Å². The normalized spacial score (nSPS) is 16.2. The predicted octanol–water partition coefficient (Wildman–Crippen LogP) is 4.17. The summed E-state index contributed by atoms with van der Waals surface area (Å²) >= 11 is 0. The Morgan fingerprint density at radius 2 is 1.74 bits per heavy atom. The number of hydrogen-bond donors (Lipinski definition) is 1. The number of carbonyl (C=O) groups excluding carboxylic acids is 2. The molecule has 0 saturated carbocycles. The van der Waals surface area contributed by atoms with Crippen LogP contribution >= 0.6 is 0 Å². The van der Waals surface area contributed by atoms with Crippen LogP contribution in [0.1, 0.15) is 33.4 Å². The lowest BCUT2D eigenvalue weighted by molar-refractivity contribution is -0.274. The van der Waals surface area contributed by atoms with Crippen molar-refractivity contribution in [2.75, 3.05) is 4.90 Å². The maximum absolute atomic E-state index is 13.3. The van der Waals surface area contributed by atoms with Gasteiger partial charge in [-0.05, 0) is 55.3 Å². The number of carbonyl (C=O) groups is 2. The van der Waals surface area contributed by atoms with E-state index in [1.165, 1.54) is 30.5 Å². The number of alkyl halides is 3. The summed E-state index contributed by atoms with van der Waals surface area (Å²) in [6.45, 7) is 3.47. The van der Waals surface area contributed by atoms with Gasteiger partial charge in [-0.1, -0.05) is 18.2 Å². The number of hydrogen-bond acceptors (Lipinski definition) is 7. The van der Waals surface area contributed by atoms with Crippen LogP contribution in [0.4, 0.5) is 19.0 Å². The van der Waals surface area contributed by atoms with Crippen molar-refractivity contribution in [3.63, 3.8) is 0 Å². The van der Waals surface area contributed by atoms with Crippen molar-refractivity contribution >= 4 is 17.5 Å². The number of aliphatic hydroxyl groups excluding tert-OH is 1. The van der Waals surface area contributed by atoms with Gasteiger partial charge < -0.3 is 9.84 Å². The van der Waals surface area contributed by atoms with E-state index < -0.39 is 35.6 Å². The molecule has 3 aromatic rings. The van der Waals surface area contributed by atoms with Crippen LogP contribution in [-0.2, 0) is 4.79 Å². The van der Waals surface area contributed by atoms with Crippen LogP contribution in [0, 0.1) is 13.8 Å². The highest BCUT2D eigenvalue weighted by atomic mass is 19.4. The number of amides is 1. The second-order valence-corrected chi connectivity index (χ2v) is 7.54. The number of nitrogens with zero attached hydrogens (tertiary/aromatic N) is 4. The lowest BCUT2D eigenvalue weighted by Crippen LogP contribution is -2.32. The van der Waals surface area contributed by atoms with Crippen LogP contribution in [0.3, 0.4) is 0 Å². The molecule has 0 saturated heterocycles. The fraction of sp³-hybridized carbons (Fsp3) is 0.174. The van der Waals surface area contributed by atoms with E-state index in [9.17, 15) is 27.9 Å². The molecule has 1 aliphatic rings. The fourth-order valence-electron chi connectivity index (χ4n) is 3.50. The third-order valence-corrected chi connectivity index (χ3v) is 5.06. The van der Waals surface area contributed by atoms with E-state index in [1.54, 1.807) is 26.0 Å². The van der Waals surface area contributed by atoms with E-state index in [2.05, 4.69) is 19.9 Å². The molecule has 1 unspecified atom stereocenters. The number of ether oxygens (including phenoxy) is 1. The Morgan fingerprint density at radius 3 is 2.29 bits per heavy atom. The molecule has 0 bridgehead atoms. The molecular weight excluding hydrogens is 453 g/mol. The summed E-state index contributed by atoms with van der Waals surface area (Å²) < 4.78 is 41.6. The van der Waals surface area contributed by atoms with E-state index >= 15 is 0 Å². The molecule has 174 valence electrons. The van der Waals surface area contributed by atoms with Gasteiger partial charge in [0.2, 0.25) is 5.78 Å². The van der Waals surface area contributed by atoms with Crippen molar-refractivity contribution in [1.82, 2.24) is 15.2 Å². The molecular formula is C23H17F3N4O4. The molecule has 1 aliphatic heterocycles. The van der Waals surface area contributed by atoms with Gasteiger partial charge in [-0.2, -0.15) is 5.10 Å². The maximum Gasteiger partial charge on any atom is 0.573 e. The summed E-state index contributed by atoms with van der Waals surface area (Å²) in [5.41, 5.74) is 1.31. The number of halogens is 3. The zero-order chi connectivity index (χ0) is 24.6. The molecule has 1 amide bonds. The highest BCUT2D eigenvalue weighted by Crippen LogP contribution is 2.41. The number of aliphatic hydroxyl groups is 1. The minimum absolute atomic E-state index is 0.0150. The number of aryl methyl sites for hydroxylation is 2. The average Bonchev–Trinajstić information content (AvgIpc) is 3.04. The molecule has 8 nitrogen and oxygen atoms in total. The highest BCUT2D eigenvalue weighted by molar-refractivity contribution is 6.20. The zero-order valence-corrected chi connectivity index (χ0v) is 17.9.